The molecule has 0 amide bonds. The number of carbonyl (C=O) groups is 1. The van der Waals surface area contributed by atoms with E-state index in [1.807, 2.05) is 18.3 Å². The predicted molar refractivity (Wildman–Crippen MR) is 158 cm³/mol. The van der Waals surface area contributed by atoms with E-state index in [1.54, 1.807) is 19.3 Å². The number of ether oxygens (including phenoxy) is 3. The fourth-order valence-electron chi connectivity index (χ4n) is 10.5. The highest BCUT2D eigenvalue weighted by Crippen LogP contribution is 2.70. The van der Waals surface area contributed by atoms with Gasteiger partial charge in [-0.2, -0.15) is 0 Å². The molecule has 6 aliphatic rings. The van der Waals surface area contributed by atoms with Crippen LogP contribution in [-0.4, -0.2) is 81.1 Å². The van der Waals surface area contributed by atoms with E-state index >= 15 is 0 Å². The minimum atomic E-state index is -1.10. The van der Waals surface area contributed by atoms with Crippen molar-refractivity contribution in [1.82, 2.24) is 0 Å². The van der Waals surface area contributed by atoms with Gasteiger partial charge in [-0.05, 0) is 93.7 Å². The van der Waals surface area contributed by atoms with Gasteiger partial charge in [0.25, 0.3) is 0 Å². The Balaban J connectivity index is 1.17. The lowest BCUT2D eigenvalue weighted by Crippen LogP contribution is -2.69. The van der Waals surface area contributed by atoms with E-state index in [0.717, 1.165) is 30.6 Å². The van der Waals surface area contributed by atoms with Gasteiger partial charge in [0.15, 0.2) is 6.29 Å². The molecule has 12 atom stereocenters. The summed E-state index contributed by atoms with van der Waals surface area (Å²) in [7, 11) is 0. The van der Waals surface area contributed by atoms with E-state index in [9.17, 15) is 25.2 Å². The maximum Gasteiger partial charge on any atom is 0.331 e. The summed E-state index contributed by atoms with van der Waals surface area (Å²) in [6, 6.07) is 3.74. The number of rotatable bonds is 6. The van der Waals surface area contributed by atoms with Gasteiger partial charge in [0.05, 0.1) is 42.3 Å². The number of hydrogen-bond acceptors (Lipinski definition) is 10. The number of aliphatic imine (C=N–C) groups is 1. The molecule has 3 heterocycles. The Kier molecular flexibility index (Phi) is 7.66. The highest BCUT2D eigenvalue weighted by Gasteiger charge is 2.71. The lowest BCUT2D eigenvalue weighted by molar-refractivity contribution is -0.282. The van der Waals surface area contributed by atoms with Crippen molar-refractivity contribution in [1.29, 1.82) is 0 Å². The number of fused-ring (bicyclic) bond motifs is 5. The largest absolute Gasteiger partial charge is 0.467 e. The molecular weight excluding hydrogens is 566 g/mol. The van der Waals surface area contributed by atoms with Crippen molar-refractivity contribution in [2.45, 2.75) is 127 Å². The van der Waals surface area contributed by atoms with Crippen molar-refractivity contribution in [2.24, 2.45) is 33.6 Å². The second-order valence-electron chi connectivity index (χ2n) is 14.7. The van der Waals surface area contributed by atoms with Crippen molar-refractivity contribution in [3.63, 3.8) is 0 Å². The molecule has 4 N–H and O–H groups in total. The number of cyclic esters (lactones) is 1. The van der Waals surface area contributed by atoms with E-state index in [1.165, 1.54) is 0 Å². The molecule has 4 unspecified atom stereocenters. The summed E-state index contributed by atoms with van der Waals surface area (Å²) in [6.45, 7) is 4.61. The molecule has 4 saturated carbocycles. The summed E-state index contributed by atoms with van der Waals surface area (Å²) in [4.78, 5) is 16.8. The van der Waals surface area contributed by atoms with Gasteiger partial charge in [0.1, 0.15) is 18.5 Å². The Morgan fingerprint density at radius 2 is 1.91 bits per heavy atom. The molecule has 2 aliphatic heterocycles. The minimum Gasteiger partial charge on any atom is -0.467 e. The van der Waals surface area contributed by atoms with Crippen LogP contribution in [0.15, 0.2) is 39.5 Å². The summed E-state index contributed by atoms with van der Waals surface area (Å²) >= 11 is 0. The molecule has 44 heavy (non-hydrogen) atoms. The van der Waals surface area contributed by atoms with E-state index < -0.39 is 41.2 Å². The molecule has 1 saturated heterocycles. The lowest BCUT2D eigenvalue weighted by Gasteiger charge is -2.66. The maximum atomic E-state index is 12.7. The van der Waals surface area contributed by atoms with Crippen molar-refractivity contribution in [2.75, 3.05) is 6.61 Å². The van der Waals surface area contributed by atoms with E-state index in [4.69, 9.17) is 23.6 Å². The van der Waals surface area contributed by atoms with Crippen molar-refractivity contribution >= 4 is 12.2 Å². The number of aliphatic hydroxyl groups is 4. The second-order valence-corrected chi connectivity index (χ2v) is 14.7. The average Bonchev–Trinajstić information content (AvgIpc) is 3.71. The van der Waals surface area contributed by atoms with Crippen LogP contribution in [0.5, 0.6) is 0 Å². The molecule has 10 nitrogen and oxygen atoms in total. The minimum absolute atomic E-state index is 0.0168. The number of esters is 1. The van der Waals surface area contributed by atoms with Crippen molar-refractivity contribution < 1.29 is 43.8 Å². The molecular formula is C34H47NO9. The summed E-state index contributed by atoms with van der Waals surface area (Å²) in [5.74, 6) is 0.569. The molecule has 0 radical (unpaired) electrons. The number of aliphatic hydroxyl groups excluding tert-OH is 2. The first kappa shape index (κ1) is 30.6. The smallest absolute Gasteiger partial charge is 0.331 e. The Morgan fingerprint density at radius 1 is 1.09 bits per heavy atom. The SMILES string of the molecule is CC1OC(O[C@H]2CC[C@]3(C=NCc4ccco4)[C@H]4CC[C@]5(C)[C@@H](C6=CC(=O)OC6)CC[C@]5(O)[C@@H]4CC[C@]3(O)C2)CC(O)C1O. The number of carbonyl (C=O) groups excluding carboxylic acids is 1. The van der Waals surface area contributed by atoms with Crippen LogP contribution in [0, 0.1) is 28.6 Å². The third-order valence-corrected chi connectivity index (χ3v) is 12.8. The van der Waals surface area contributed by atoms with E-state index in [2.05, 4.69) is 6.92 Å². The fourth-order valence-corrected chi connectivity index (χ4v) is 10.5. The molecule has 4 aliphatic carbocycles. The van der Waals surface area contributed by atoms with Gasteiger partial charge in [-0.25, -0.2) is 4.79 Å². The first-order chi connectivity index (χ1) is 21.0. The lowest BCUT2D eigenvalue weighted by atomic mass is 9.41. The van der Waals surface area contributed by atoms with Gasteiger partial charge in [0.2, 0.25) is 0 Å². The first-order valence-corrected chi connectivity index (χ1v) is 16.5. The van der Waals surface area contributed by atoms with Gasteiger partial charge in [-0.1, -0.05) is 6.92 Å². The van der Waals surface area contributed by atoms with Gasteiger partial charge < -0.3 is 39.1 Å². The van der Waals surface area contributed by atoms with Crippen molar-refractivity contribution in [3.05, 3.63) is 35.8 Å². The third-order valence-electron chi connectivity index (χ3n) is 12.8. The van der Waals surface area contributed by atoms with Crippen LogP contribution in [0.25, 0.3) is 0 Å². The van der Waals surface area contributed by atoms with Crippen LogP contribution in [-0.2, 0) is 25.5 Å². The first-order valence-electron chi connectivity index (χ1n) is 16.5. The van der Waals surface area contributed by atoms with Crippen LogP contribution in [0.4, 0.5) is 0 Å². The molecule has 1 aromatic heterocycles. The highest BCUT2D eigenvalue weighted by molar-refractivity contribution is 5.85. The molecule has 7 rings (SSSR count). The standard InChI is InChI=1S/C34H47NO9/c1-20-30(38)27(36)15-29(43-20)44-22-5-10-32(19-35-17-23-4-3-13-41-23)25-6-9-31(2)24(21-14-28(37)42-18-21)8-12-34(31,40)26(25)7-11-33(32,39)16-22/h3-4,13-14,19-20,22,24-27,29-30,36,38-40H,5-12,15-18H2,1-2H3/t20?,22-,24+,25-,26+,27?,29?,30?,31+,32-,33-,34-/m0/s1. The summed E-state index contributed by atoms with van der Waals surface area (Å²) in [6.07, 6.45) is 8.14. The zero-order valence-electron chi connectivity index (χ0n) is 25.8. The van der Waals surface area contributed by atoms with E-state index in [0.29, 0.717) is 51.7 Å². The van der Waals surface area contributed by atoms with Crippen LogP contribution in [0.1, 0.15) is 83.8 Å². The quantitative estimate of drug-likeness (QED) is 0.215. The molecule has 5 fully saturated rings. The molecule has 242 valence electrons. The summed E-state index contributed by atoms with van der Waals surface area (Å²) < 4.78 is 23.0. The van der Waals surface area contributed by atoms with Gasteiger partial charge in [-0.3, -0.25) is 4.99 Å². The number of hydrogen-bond donors (Lipinski definition) is 4. The van der Waals surface area contributed by atoms with Gasteiger partial charge >= 0.3 is 5.97 Å². The van der Waals surface area contributed by atoms with E-state index in [-0.39, 0.29) is 41.7 Å². The zero-order valence-corrected chi connectivity index (χ0v) is 25.8. The summed E-state index contributed by atoms with van der Waals surface area (Å²) in [5.41, 5.74) is -2.05. The molecule has 0 spiro atoms. The van der Waals surface area contributed by atoms with Crippen LogP contribution in [0.2, 0.25) is 0 Å². The maximum absolute atomic E-state index is 12.7. The summed E-state index contributed by atoms with van der Waals surface area (Å²) in [5, 5.41) is 45.8. The normalized spacial score (nSPS) is 48.9. The molecule has 10 heteroatoms. The third kappa shape index (κ3) is 4.66. The molecule has 0 aromatic carbocycles. The Labute approximate surface area is 258 Å². The second kappa shape index (κ2) is 11.0. The Bertz CT molecular complexity index is 1290. The van der Waals surface area contributed by atoms with Crippen LogP contribution >= 0.6 is 0 Å². The average molecular weight is 614 g/mol. The zero-order chi connectivity index (χ0) is 30.9. The highest BCUT2D eigenvalue weighted by atomic mass is 16.7. The molecule has 1 aromatic rings. The Morgan fingerprint density at radius 3 is 2.64 bits per heavy atom. The van der Waals surface area contributed by atoms with Gasteiger partial charge in [0, 0.05) is 36.0 Å². The molecule has 0 bridgehead atoms. The monoisotopic (exact) mass is 613 g/mol. The fraction of sp³-hybridized carbons (Fsp3) is 0.765. The van der Waals surface area contributed by atoms with Crippen molar-refractivity contribution in [3.8, 4) is 0 Å². The van der Waals surface area contributed by atoms with Gasteiger partial charge in [-0.15, -0.1) is 0 Å². The topological polar surface area (TPSA) is 151 Å². The Hall–Kier alpha value is -2.08. The number of nitrogens with zero attached hydrogens (tertiary/aromatic N) is 1. The van der Waals surface area contributed by atoms with Crippen LogP contribution < -0.4 is 0 Å². The predicted octanol–water partition coefficient (Wildman–Crippen LogP) is 3.44. The van der Waals surface area contributed by atoms with Crippen LogP contribution in [0.3, 0.4) is 0 Å². The number of furan rings is 1.